The van der Waals surface area contributed by atoms with Crippen molar-refractivity contribution in [2.45, 2.75) is 5.54 Å². The highest BCUT2D eigenvalue weighted by Gasteiger charge is 2.21. The molecule has 4 N–H and O–H groups in total. The van der Waals surface area contributed by atoms with Gasteiger partial charge in [-0.2, -0.15) is 0 Å². The summed E-state index contributed by atoms with van der Waals surface area (Å²) in [4.78, 5) is 0. The first-order chi connectivity index (χ1) is 3.68. The van der Waals surface area contributed by atoms with E-state index in [0.29, 0.717) is 0 Å². The zero-order valence-electron chi connectivity index (χ0n) is 4.46. The second kappa shape index (κ2) is 2.99. The molecule has 0 amide bonds. The Labute approximate surface area is 47.6 Å². The van der Waals surface area contributed by atoms with Gasteiger partial charge in [0, 0.05) is 0 Å². The molecule has 0 bridgehead atoms. The van der Waals surface area contributed by atoms with E-state index >= 15 is 0 Å². The van der Waals surface area contributed by atoms with Crippen LogP contribution in [0.1, 0.15) is 0 Å². The van der Waals surface area contributed by atoms with Gasteiger partial charge in [-0.15, -0.1) is 0 Å². The molecular formula is C4H10NO3. The summed E-state index contributed by atoms with van der Waals surface area (Å²) >= 11 is 0. The minimum atomic E-state index is -1.46. The summed E-state index contributed by atoms with van der Waals surface area (Å²) < 4.78 is 0. The van der Waals surface area contributed by atoms with Crippen molar-refractivity contribution >= 4 is 0 Å². The van der Waals surface area contributed by atoms with Gasteiger partial charge < -0.3 is 15.3 Å². The van der Waals surface area contributed by atoms with E-state index in [1.54, 1.807) is 0 Å². The van der Waals surface area contributed by atoms with Crippen molar-refractivity contribution in [2.75, 3.05) is 19.8 Å². The van der Waals surface area contributed by atoms with E-state index in [0.717, 1.165) is 0 Å². The summed E-state index contributed by atoms with van der Waals surface area (Å²) in [6.45, 7) is -1.54. The van der Waals surface area contributed by atoms with Crippen LogP contribution in [0.25, 0.3) is 0 Å². The summed E-state index contributed by atoms with van der Waals surface area (Å²) in [6, 6.07) is 0. The number of nitrogens with one attached hydrogen (secondary N) is 1. The Bertz CT molecular complexity index is 54.0. The summed E-state index contributed by atoms with van der Waals surface area (Å²) in [7, 11) is 0. The van der Waals surface area contributed by atoms with Gasteiger partial charge in [-0.1, -0.05) is 0 Å². The smallest absolute Gasteiger partial charge is 0.101 e. The molecule has 0 atom stereocenters. The van der Waals surface area contributed by atoms with Crippen LogP contribution >= 0.6 is 0 Å². The average Bonchev–Trinajstić information content (AvgIpc) is 1.87. The topological polar surface area (TPSA) is 84.5 Å². The van der Waals surface area contributed by atoms with E-state index in [2.05, 4.69) is 0 Å². The van der Waals surface area contributed by atoms with Crippen molar-refractivity contribution in [1.82, 2.24) is 5.73 Å². The second-order valence-electron chi connectivity index (χ2n) is 1.75. The molecule has 0 spiro atoms. The summed E-state index contributed by atoms with van der Waals surface area (Å²) in [5.74, 6) is 0. The van der Waals surface area contributed by atoms with Crippen LogP contribution in [0.5, 0.6) is 0 Å². The van der Waals surface area contributed by atoms with Crippen LogP contribution < -0.4 is 5.73 Å². The third-order valence-corrected chi connectivity index (χ3v) is 0.908. The molecule has 0 aromatic carbocycles. The number of aliphatic hydroxyl groups excluding tert-OH is 3. The Morgan fingerprint density at radius 2 is 1.25 bits per heavy atom. The van der Waals surface area contributed by atoms with Gasteiger partial charge in [0.05, 0.1) is 19.8 Å². The third kappa shape index (κ3) is 1.75. The number of aliphatic hydroxyl groups is 3. The van der Waals surface area contributed by atoms with Crippen molar-refractivity contribution in [2.24, 2.45) is 0 Å². The van der Waals surface area contributed by atoms with Gasteiger partial charge in [-0.05, 0) is 0 Å². The third-order valence-electron chi connectivity index (χ3n) is 0.908. The lowest BCUT2D eigenvalue weighted by molar-refractivity contribution is 0.0647. The molecule has 0 aliphatic carbocycles. The lowest BCUT2D eigenvalue weighted by atomic mass is 10.1. The minimum absolute atomic E-state index is 0.514. The molecule has 0 aromatic heterocycles. The monoisotopic (exact) mass is 120 g/mol. The molecule has 8 heavy (non-hydrogen) atoms. The average molecular weight is 120 g/mol. The number of hydrogen-bond acceptors (Lipinski definition) is 3. The maximum atomic E-state index is 8.28. The van der Waals surface area contributed by atoms with Crippen molar-refractivity contribution in [3.8, 4) is 0 Å². The lowest BCUT2D eigenvalue weighted by Crippen LogP contribution is -2.43. The molecule has 0 rings (SSSR count). The second-order valence-corrected chi connectivity index (χ2v) is 1.75. The first kappa shape index (κ1) is 7.84. The van der Waals surface area contributed by atoms with Crippen LogP contribution in [0, 0.1) is 0 Å². The zero-order valence-corrected chi connectivity index (χ0v) is 4.46. The van der Waals surface area contributed by atoms with Crippen molar-refractivity contribution in [3.63, 3.8) is 0 Å². The fraction of sp³-hybridized carbons (Fsp3) is 1.00. The van der Waals surface area contributed by atoms with Gasteiger partial charge in [-0.25, -0.2) is 5.73 Å². The quantitative estimate of drug-likeness (QED) is 0.402. The van der Waals surface area contributed by atoms with Crippen molar-refractivity contribution in [3.05, 3.63) is 0 Å². The highest BCUT2D eigenvalue weighted by molar-refractivity contribution is 4.79. The fourth-order valence-corrected chi connectivity index (χ4v) is 0.150. The maximum Gasteiger partial charge on any atom is 0.101 e. The van der Waals surface area contributed by atoms with E-state index in [-0.39, 0.29) is 0 Å². The van der Waals surface area contributed by atoms with Crippen LogP contribution in [-0.4, -0.2) is 40.7 Å². The molecule has 49 valence electrons. The number of hydrogen-bond donors (Lipinski definition) is 3. The Kier molecular flexibility index (Phi) is 2.93. The zero-order chi connectivity index (χ0) is 6.62. The molecule has 0 fully saturated rings. The van der Waals surface area contributed by atoms with Gasteiger partial charge in [0.2, 0.25) is 0 Å². The van der Waals surface area contributed by atoms with Gasteiger partial charge >= 0.3 is 0 Å². The highest BCUT2D eigenvalue weighted by Crippen LogP contribution is 1.96. The molecule has 1 radical (unpaired) electrons. The minimum Gasteiger partial charge on any atom is -0.394 e. The molecule has 0 heterocycles. The molecule has 4 nitrogen and oxygen atoms in total. The largest absolute Gasteiger partial charge is 0.394 e. The first-order valence-electron chi connectivity index (χ1n) is 2.26. The van der Waals surface area contributed by atoms with E-state index in [9.17, 15) is 0 Å². The Morgan fingerprint density at radius 3 is 1.25 bits per heavy atom. The molecule has 0 aliphatic rings. The van der Waals surface area contributed by atoms with Crippen LogP contribution in [0.2, 0.25) is 0 Å². The Balaban J connectivity index is 3.58. The first-order valence-corrected chi connectivity index (χ1v) is 2.26. The molecule has 0 aliphatic heterocycles. The van der Waals surface area contributed by atoms with Crippen LogP contribution in [0.3, 0.4) is 0 Å². The summed E-state index contributed by atoms with van der Waals surface area (Å²) in [5.41, 5.74) is 5.46. The fourth-order valence-electron chi connectivity index (χ4n) is 0.150. The van der Waals surface area contributed by atoms with Crippen LogP contribution in [-0.2, 0) is 0 Å². The van der Waals surface area contributed by atoms with E-state index in [1.807, 2.05) is 0 Å². The molecule has 4 heteroatoms. The lowest BCUT2D eigenvalue weighted by Gasteiger charge is -2.18. The predicted octanol–water partition coefficient (Wildman–Crippen LogP) is -2.02. The Morgan fingerprint density at radius 1 is 1.00 bits per heavy atom. The molecule has 0 saturated carbocycles. The van der Waals surface area contributed by atoms with E-state index < -0.39 is 25.4 Å². The number of rotatable bonds is 3. The normalized spacial score (nSPS) is 12.0. The highest BCUT2D eigenvalue weighted by atomic mass is 16.3. The van der Waals surface area contributed by atoms with Crippen molar-refractivity contribution < 1.29 is 15.3 Å². The molecular weight excluding hydrogens is 110 g/mol. The SMILES string of the molecule is [NH]C(CO)(CO)CO. The maximum absolute atomic E-state index is 8.28. The molecule has 0 saturated heterocycles. The van der Waals surface area contributed by atoms with E-state index in [1.165, 1.54) is 0 Å². The van der Waals surface area contributed by atoms with Gasteiger partial charge in [0.15, 0.2) is 0 Å². The van der Waals surface area contributed by atoms with Crippen LogP contribution in [0.15, 0.2) is 0 Å². The van der Waals surface area contributed by atoms with Crippen molar-refractivity contribution in [1.29, 1.82) is 0 Å². The van der Waals surface area contributed by atoms with Gasteiger partial charge in [-0.3, -0.25) is 0 Å². The summed E-state index contributed by atoms with van der Waals surface area (Å²) in [5, 5.41) is 24.8. The summed E-state index contributed by atoms with van der Waals surface area (Å²) in [6.07, 6.45) is 0. The molecule has 0 unspecified atom stereocenters. The predicted molar refractivity (Wildman–Crippen MR) is 27.1 cm³/mol. The Hall–Kier alpha value is -0.160. The standard InChI is InChI=1S/C4H10NO3/c5-4(1-6,2-7)3-8/h5-8H,1-3H2. The molecule has 0 aromatic rings. The van der Waals surface area contributed by atoms with Crippen LogP contribution in [0.4, 0.5) is 0 Å². The van der Waals surface area contributed by atoms with Gasteiger partial charge in [0.1, 0.15) is 5.54 Å². The van der Waals surface area contributed by atoms with E-state index in [4.69, 9.17) is 21.1 Å². The van der Waals surface area contributed by atoms with Gasteiger partial charge in [0.25, 0.3) is 0 Å².